The van der Waals surface area contributed by atoms with Crippen LogP contribution in [0.15, 0.2) is 4.99 Å². The average Bonchev–Trinajstić information content (AvgIpc) is 3.11. The van der Waals surface area contributed by atoms with E-state index in [0.717, 1.165) is 0 Å². The smallest absolute Gasteiger partial charge is 0.245 e. The van der Waals surface area contributed by atoms with Gasteiger partial charge in [-0.15, -0.1) is 0 Å². The van der Waals surface area contributed by atoms with Crippen LogP contribution in [0.3, 0.4) is 0 Å². The van der Waals surface area contributed by atoms with Crippen molar-refractivity contribution in [3.63, 3.8) is 0 Å². The molecule has 0 aliphatic carbocycles. The first-order valence-corrected chi connectivity index (χ1v) is 19.1. The Labute approximate surface area is 324 Å². The highest BCUT2D eigenvalue weighted by molar-refractivity contribution is 5.97. The Morgan fingerprint density at radius 2 is 1.18 bits per heavy atom. The van der Waals surface area contributed by atoms with Crippen LogP contribution in [0, 0.1) is 11.8 Å². The number of nitrogens with two attached hydrogens (primary N) is 4. The van der Waals surface area contributed by atoms with Crippen molar-refractivity contribution < 1.29 is 43.5 Å². The summed E-state index contributed by atoms with van der Waals surface area (Å²) in [7, 11) is 0. The number of Topliss-reactive ketones (excluding diaryl/α,β-unsaturated/α-hetero) is 1. The molecule has 0 aromatic carbocycles. The predicted molar refractivity (Wildman–Crippen MR) is 206 cm³/mol. The predicted octanol–water partition coefficient (Wildman–Crippen LogP) is -1.38. The molecule has 0 bridgehead atoms. The monoisotopic (exact) mass is 783 g/mol. The van der Waals surface area contributed by atoms with Gasteiger partial charge in [0.15, 0.2) is 11.7 Å². The Morgan fingerprint density at radius 3 is 1.69 bits per heavy atom. The van der Waals surface area contributed by atoms with Crippen LogP contribution in [-0.4, -0.2) is 101 Å². The van der Waals surface area contributed by atoms with Crippen LogP contribution in [0.5, 0.6) is 0 Å². The molecule has 7 amide bonds. The van der Waals surface area contributed by atoms with Crippen LogP contribution in [0.1, 0.15) is 119 Å². The van der Waals surface area contributed by atoms with Gasteiger partial charge in [-0.3, -0.25) is 43.3 Å². The maximum atomic E-state index is 13.9. The molecule has 0 fully saturated rings. The molecular formula is C36H66N10O9. The minimum Gasteiger partial charge on any atom is -0.391 e. The molecule has 55 heavy (non-hydrogen) atoms. The van der Waals surface area contributed by atoms with E-state index in [-0.39, 0.29) is 51.0 Å². The third-order valence-corrected chi connectivity index (χ3v) is 9.11. The first-order chi connectivity index (χ1) is 25.8. The van der Waals surface area contributed by atoms with Crippen LogP contribution in [0.25, 0.3) is 0 Å². The lowest BCUT2D eigenvalue weighted by molar-refractivity contribution is -0.136. The summed E-state index contributed by atoms with van der Waals surface area (Å²) in [5.41, 5.74) is 21.5. The number of aliphatic hydroxyl groups excluding tert-OH is 1. The number of hydrogen-bond donors (Lipinski definition) is 10. The summed E-state index contributed by atoms with van der Waals surface area (Å²) in [5, 5.41) is 23.0. The minimum atomic E-state index is -1.32. The number of nitrogens with zero attached hydrogens (tertiary/aromatic N) is 1. The molecule has 0 aliphatic heterocycles. The number of hydrogen-bond acceptors (Lipinski definition) is 10. The van der Waals surface area contributed by atoms with E-state index >= 15 is 0 Å². The highest BCUT2D eigenvalue weighted by Gasteiger charge is 2.35. The molecule has 0 rings (SSSR count). The van der Waals surface area contributed by atoms with Crippen LogP contribution in [0.2, 0.25) is 0 Å². The molecule has 0 aromatic heterocycles. The number of ketones is 1. The molecule has 0 saturated heterocycles. The molecule has 19 nitrogen and oxygen atoms in total. The number of carbonyl (C=O) groups is 8. The van der Waals surface area contributed by atoms with Gasteiger partial charge in [0.05, 0.1) is 12.1 Å². The highest BCUT2D eigenvalue weighted by Crippen LogP contribution is 2.19. The zero-order valence-corrected chi connectivity index (χ0v) is 33.3. The molecule has 314 valence electrons. The zero-order chi connectivity index (χ0) is 42.2. The number of guanidine groups is 1. The second-order valence-corrected chi connectivity index (χ2v) is 14.0. The fourth-order valence-corrected chi connectivity index (χ4v) is 5.62. The SMILES string of the molecule is CCCC[C@H](CC(=O)[C@H](CCCC)NC(=O)[C@@H](NC(=O)[C@@H](NC(C)=O)[C@@H](C)O)[C@@H](C)CC)C(=O)N[C@@H](CCC(N)=O)C(=O)N[C@@H](CCCN=C(N)N)C(N)=O. The molecule has 14 N–H and O–H groups in total. The summed E-state index contributed by atoms with van der Waals surface area (Å²) < 4.78 is 0. The average molecular weight is 783 g/mol. The van der Waals surface area contributed by atoms with Crippen molar-refractivity contribution in [3.8, 4) is 0 Å². The van der Waals surface area contributed by atoms with Gasteiger partial charge in [0.2, 0.25) is 41.4 Å². The van der Waals surface area contributed by atoms with Gasteiger partial charge in [-0.25, -0.2) is 0 Å². The molecule has 0 radical (unpaired) electrons. The van der Waals surface area contributed by atoms with E-state index in [4.69, 9.17) is 22.9 Å². The third kappa shape index (κ3) is 20.4. The van der Waals surface area contributed by atoms with E-state index in [1.165, 1.54) is 13.8 Å². The Balaban J connectivity index is 6.26. The summed E-state index contributed by atoms with van der Waals surface area (Å²) in [6.45, 7) is 10.0. The van der Waals surface area contributed by atoms with Gasteiger partial charge in [-0.05, 0) is 44.9 Å². The second kappa shape index (κ2) is 26.9. The third-order valence-electron chi connectivity index (χ3n) is 9.11. The van der Waals surface area contributed by atoms with E-state index in [1.807, 2.05) is 20.8 Å². The van der Waals surface area contributed by atoms with Crippen molar-refractivity contribution in [2.24, 2.45) is 39.8 Å². The van der Waals surface area contributed by atoms with E-state index in [2.05, 4.69) is 31.6 Å². The van der Waals surface area contributed by atoms with E-state index in [1.54, 1.807) is 6.92 Å². The van der Waals surface area contributed by atoms with Crippen LogP contribution in [0.4, 0.5) is 0 Å². The second-order valence-electron chi connectivity index (χ2n) is 14.0. The lowest BCUT2D eigenvalue weighted by Crippen LogP contribution is -2.59. The Hall–Kier alpha value is -4.81. The van der Waals surface area contributed by atoms with Crippen molar-refractivity contribution in [3.05, 3.63) is 0 Å². The van der Waals surface area contributed by atoms with Gasteiger partial charge in [0, 0.05) is 32.2 Å². The highest BCUT2D eigenvalue weighted by atomic mass is 16.3. The fraction of sp³-hybridized carbons (Fsp3) is 0.750. The number of amides is 7. The summed E-state index contributed by atoms with van der Waals surface area (Å²) in [6.07, 6.45) is 1.80. The van der Waals surface area contributed by atoms with Crippen LogP contribution >= 0.6 is 0 Å². The lowest BCUT2D eigenvalue weighted by Gasteiger charge is -2.29. The van der Waals surface area contributed by atoms with Crippen molar-refractivity contribution in [1.82, 2.24) is 26.6 Å². The molecule has 0 heterocycles. The Morgan fingerprint density at radius 1 is 0.636 bits per heavy atom. The summed E-state index contributed by atoms with van der Waals surface area (Å²) >= 11 is 0. The number of nitrogens with one attached hydrogen (secondary N) is 5. The molecule has 8 atom stereocenters. The molecule has 0 aromatic rings. The first kappa shape index (κ1) is 50.2. The van der Waals surface area contributed by atoms with Crippen molar-refractivity contribution >= 4 is 53.1 Å². The minimum absolute atomic E-state index is 0.0881. The number of unbranched alkanes of at least 4 members (excludes halogenated alkanes) is 2. The molecule has 0 spiro atoms. The Kier molecular flexibility index (Phi) is 24.5. The van der Waals surface area contributed by atoms with E-state index < -0.39 is 95.3 Å². The van der Waals surface area contributed by atoms with Crippen molar-refractivity contribution in [2.45, 2.75) is 155 Å². The summed E-state index contributed by atoms with van der Waals surface area (Å²) in [4.78, 5) is 107. The van der Waals surface area contributed by atoms with Gasteiger partial charge in [-0.1, -0.05) is 59.8 Å². The molecule has 0 unspecified atom stereocenters. The molecule has 0 saturated carbocycles. The van der Waals surface area contributed by atoms with Crippen molar-refractivity contribution in [1.29, 1.82) is 0 Å². The first-order valence-electron chi connectivity index (χ1n) is 19.1. The van der Waals surface area contributed by atoms with Gasteiger partial charge in [-0.2, -0.15) is 0 Å². The summed E-state index contributed by atoms with van der Waals surface area (Å²) in [5.74, 6) is -6.91. The maximum absolute atomic E-state index is 13.9. The van der Waals surface area contributed by atoms with Gasteiger partial charge < -0.3 is 54.6 Å². The number of aliphatic imine (C=N–C) groups is 1. The number of carbonyl (C=O) groups excluding carboxylic acids is 8. The molecular weight excluding hydrogens is 716 g/mol. The summed E-state index contributed by atoms with van der Waals surface area (Å²) in [6, 6.07) is -5.91. The number of primary amides is 2. The largest absolute Gasteiger partial charge is 0.391 e. The number of aliphatic hydroxyl groups is 1. The zero-order valence-electron chi connectivity index (χ0n) is 33.3. The van der Waals surface area contributed by atoms with Gasteiger partial charge in [0.25, 0.3) is 0 Å². The van der Waals surface area contributed by atoms with Crippen molar-refractivity contribution in [2.75, 3.05) is 6.54 Å². The number of rotatable bonds is 29. The van der Waals surface area contributed by atoms with E-state index in [0.29, 0.717) is 38.5 Å². The molecule has 0 aliphatic rings. The Bertz CT molecular complexity index is 1320. The normalized spacial score (nSPS) is 15.3. The standard InChI is InChI=1S/C36H66N10O9/c1-7-10-13-23(32(52)45-26(16-17-28(37)50)33(53)44-25(31(38)51)15-12-18-41-36(39)40)19-27(49)24(14-11-8-2)43-34(54)29(20(4)9-3)46-35(55)30(21(5)47)42-22(6)48/h20-21,23-26,29-30,47H,7-19H2,1-6H3,(H2,37,50)(H2,38,51)(H,42,48)(H,43,54)(H,44,53)(H,45,52)(H,46,55)(H4,39,40,41)/t20-,21+,23+,24-,25-,26-,29-,30-/m0/s1. The van der Waals surface area contributed by atoms with Gasteiger partial charge in [0.1, 0.15) is 24.2 Å². The maximum Gasteiger partial charge on any atom is 0.245 e. The van der Waals surface area contributed by atoms with Crippen LogP contribution < -0.4 is 49.5 Å². The lowest BCUT2D eigenvalue weighted by atomic mass is 9.90. The topological polar surface area (TPSA) is 333 Å². The van der Waals surface area contributed by atoms with Crippen LogP contribution in [-0.2, 0) is 38.4 Å². The van der Waals surface area contributed by atoms with E-state index in [9.17, 15) is 43.5 Å². The fourth-order valence-electron chi connectivity index (χ4n) is 5.62. The molecule has 19 heteroatoms. The quantitative estimate of drug-likeness (QED) is 0.0239. The van der Waals surface area contributed by atoms with Gasteiger partial charge >= 0.3 is 0 Å².